The molecule has 15 heavy (non-hydrogen) atoms. The Kier molecular flexibility index (Phi) is 4.10. The second-order valence-electron chi connectivity index (χ2n) is 2.84. The van der Waals surface area contributed by atoms with Gasteiger partial charge >= 0.3 is 0 Å². The second kappa shape index (κ2) is 5.60. The lowest BCUT2D eigenvalue weighted by molar-refractivity contribution is 0.306. The summed E-state index contributed by atoms with van der Waals surface area (Å²) in [5.41, 5.74) is 6.10. The number of hydrogen-bond acceptors (Lipinski definition) is 5. The summed E-state index contributed by atoms with van der Waals surface area (Å²) in [4.78, 5) is 7.48. The summed E-state index contributed by atoms with van der Waals surface area (Å²) < 4.78 is 5.30. The summed E-state index contributed by atoms with van der Waals surface area (Å²) in [5, 5.41) is 8.49. The van der Waals surface area contributed by atoms with Crippen molar-refractivity contribution in [1.29, 1.82) is 5.26 Å². The molecular formula is C10H12N4O. The zero-order valence-corrected chi connectivity index (χ0v) is 8.47. The third-order valence-corrected chi connectivity index (χ3v) is 1.63. The average Bonchev–Trinajstić information content (AvgIpc) is 2.25. The smallest absolute Gasteiger partial charge is 0.233 e. The number of nitriles is 1. The number of aliphatic imine (C=N–C) groups is 1. The third kappa shape index (κ3) is 3.27. The maximum absolute atomic E-state index is 8.49. The molecule has 2 N–H and O–H groups in total. The zero-order chi connectivity index (χ0) is 11.1. The van der Waals surface area contributed by atoms with Crippen LogP contribution in [0.1, 0.15) is 18.9 Å². The lowest BCUT2D eigenvalue weighted by atomic mass is 10.3. The minimum absolute atomic E-state index is 0.284. The first-order valence-electron chi connectivity index (χ1n) is 4.59. The van der Waals surface area contributed by atoms with Crippen LogP contribution in [0.25, 0.3) is 0 Å². The Bertz CT molecular complexity index is 377. The molecular weight excluding hydrogens is 192 g/mol. The van der Waals surface area contributed by atoms with Gasteiger partial charge in [-0.2, -0.15) is 5.26 Å². The van der Waals surface area contributed by atoms with Crippen molar-refractivity contribution in [2.24, 2.45) is 4.99 Å². The maximum atomic E-state index is 8.49. The van der Waals surface area contributed by atoms with Gasteiger partial charge in [0.2, 0.25) is 12.1 Å². The first kappa shape index (κ1) is 11.0. The predicted octanol–water partition coefficient (Wildman–Crippen LogP) is 1.32. The monoisotopic (exact) mass is 204 g/mol. The zero-order valence-electron chi connectivity index (χ0n) is 8.47. The fourth-order valence-electron chi connectivity index (χ4n) is 0.956. The van der Waals surface area contributed by atoms with Gasteiger partial charge in [0.1, 0.15) is 5.82 Å². The number of anilines is 1. The molecule has 0 spiro atoms. The van der Waals surface area contributed by atoms with Crippen molar-refractivity contribution in [3.05, 3.63) is 23.9 Å². The van der Waals surface area contributed by atoms with Crippen molar-refractivity contribution in [1.82, 2.24) is 4.98 Å². The molecule has 0 aliphatic rings. The minimum Gasteiger partial charge on any atom is -0.477 e. The van der Waals surface area contributed by atoms with E-state index in [9.17, 15) is 0 Å². The Morgan fingerprint density at radius 1 is 1.67 bits per heavy atom. The van der Waals surface area contributed by atoms with Gasteiger partial charge in [-0.05, 0) is 18.6 Å². The quantitative estimate of drug-likeness (QED) is 0.457. The molecule has 0 amide bonds. The number of nitrogens with zero attached hydrogens (tertiary/aromatic N) is 3. The van der Waals surface area contributed by atoms with E-state index in [4.69, 9.17) is 15.7 Å². The number of rotatable bonds is 3. The highest BCUT2D eigenvalue weighted by Gasteiger charge is 2.04. The molecule has 0 aliphatic heterocycles. The lowest BCUT2D eigenvalue weighted by Gasteiger charge is -2.06. The van der Waals surface area contributed by atoms with Crippen molar-refractivity contribution < 1.29 is 4.74 Å². The van der Waals surface area contributed by atoms with Gasteiger partial charge in [0.15, 0.2) is 0 Å². The summed E-state index contributed by atoms with van der Waals surface area (Å²) in [5.74, 6) is 0.706. The van der Waals surface area contributed by atoms with Crippen LogP contribution in [0.2, 0.25) is 0 Å². The Hall–Kier alpha value is -2.09. The van der Waals surface area contributed by atoms with Crippen LogP contribution in [0.15, 0.2) is 23.3 Å². The SMILES string of the molecule is CCCOC(=NC#N)c1ccc(N)nc1. The van der Waals surface area contributed by atoms with E-state index in [0.717, 1.165) is 6.42 Å². The van der Waals surface area contributed by atoms with E-state index in [2.05, 4.69) is 9.98 Å². The highest BCUT2D eigenvalue weighted by atomic mass is 16.5. The summed E-state index contributed by atoms with van der Waals surface area (Å²) in [7, 11) is 0. The number of nitrogens with two attached hydrogens (primary N) is 1. The van der Waals surface area contributed by atoms with Gasteiger partial charge in [-0.3, -0.25) is 0 Å². The average molecular weight is 204 g/mol. The van der Waals surface area contributed by atoms with E-state index < -0.39 is 0 Å². The Balaban J connectivity index is 2.86. The topological polar surface area (TPSA) is 84.3 Å². The van der Waals surface area contributed by atoms with Crippen LogP contribution >= 0.6 is 0 Å². The van der Waals surface area contributed by atoms with E-state index >= 15 is 0 Å². The van der Waals surface area contributed by atoms with Gasteiger partial charge in [-0.1, -0.05) is 6.92 Å². The van der Waals surface area contributed by atoms with E-state index in [0.29, 0.717) is 18.0 Å². The molecule has 1 aromatic rings. The van der Waals surface area contributed by atoms with E-state index in [1.807, 2.05) is 6.92 Å². The molecule has 0 aliphatic carbocycles. The Morgan fingerprint density at radius 2 is 2.47 bits per heavy atom. The molecule has 78 valence electrons. The van der Waals surface area contributed by atoms with Crippen LogP contribution in [-0.2, 0) is 4.74 Å². The van der Waals surface area contributed by atoms with E-state index in [1.165, 1.54) is 6.20 Å². The molecule has 0 fully saturated rings. The van der Waals surface area contributed by atoms with Crippen LogP contribution in [0.3, 0.4) is 0 Å². The molecule has 5 heteroatoms. The normalized spacial score (nSPS) is 10.8. The minimum atomic E-state index is 0.284. The van der Waals surface area contributed by atoms with Gasteiger partial charge in [-0.15, -0.1) is 4.99 Å². The number of nitrogen functional groups attached to an aromatic ring is 1. The first-order chi connectivity index (χ1) is 7.27. The van der Waals surface area contributed by atoms with Crippen LogP contribution in [0.5, 0.6) is 0 Å². The molecule has 0 bridgehead atoms. The summed E-state index contributed by atoms with van der Waals surface area (Å²) in [6.45, 7) is 2.50. The van der Waals surface area contributed by atoms with Gasteiger partial charge in [-0.25, -0.2) is 4.98 Å². The molecule has 0 atom stereocenters. The molecule has 0 saturated carbocycles. The van der Waals surface area contributed by atoms with Gasteiger partial charge in [0.25, 0.3) is 0 Å². The standard InChI is InChI=1S/C10H12N4O/c1-2-5-15-10(14-7-11)8-3-4-9(12)13-6-8/h3-4,6H,2,5H2,1H3,(H2,12,13). The number of pyridine rings is 1. The van der Waals surface area contributed by atoms with Gasteiger partial charge in [0, 0.05) is 6.20 Å². The summed E-state index contributed by atoms with van der Waals surface area (Å²) in [6.07, 6.45) is 4.08. The first-order valence-corrected chi connectivity index (χ1v) is 4.59. The molecule has 0 unspecified atom stereocenters. The van der Waals surface area contributed by atoms with Crippen molar-refractivity contribution in [2.45, 2.75) is 13.3 Å². The largest absolute Gasteiger partial charge is 0.477 e. The maximum Gasteiger partial charge on any atom is 0.233 e. The van der Waals surface area contributed by atoms with Gasteiger partial charge < -0.3 is 10.5 Å². The molecule has 1 rings (SSSR count). The number of aromatic nitrogens is 1. The highest BCUT2D eigenvalue weighted by Crippen LogP contribution is 2.04. The summed E-state index contributed by atoms with van der Waals surface area (Å²) in [6, 6.07) is 3.35. The fraction of sp³-hybridized carbons (Fsp3) is 0.300. The number of hydrogen-bond donors (Lipinski definition) is 1. The van der Waals surface area contributed by atoms with Crippen molar-refractivity contribution >= 4 is 11.7 Å². The van der Waals surface area contributed by atoms with Crippen LogP contribution in [0.4, 0.5) is 5.82 Å². The van der Waals surface area contributed by atoms with Crippen LogP contribution in [0, 0.1) is 11.5 Å². The third-order valence-electron chi connectivity index (χ3n) is 1.63. The Labute approximate surface area is 88.2 Å². The Morgan fingerprint density at radius 3 is 3.00 bits per heavy atom. The van der Waals surface area contributed by atoms with Crippen molar-refractivity contribution in [2.75, 3.05) is 12.3 Å². The van der Waals surface area contributed by atoms with E-state index in [1.54, 1.807) is 18.3 Å². The number of ether oxygens (including phenoxy) is 1. The molecule has 5 nitrogen and oxygen atoms in total. The second-order valence-corrected chi connectivity index (χ2v) is 2.84. The molecule has 1 heterocycles. The highest BCUT2D eigenvalue weighted by molar-refractivity contribution is 5.94. The molecule has 1 aromatic heterocycles. The van der Waals surface area contributed by atoms with Crippen LogP contribution in [-0.4, -0.2) is 17.5 Å². The summed E-state index contributed by atoms with van der Waals surface area (Å²) >= 11 is 0. The molecule has 0 aromatic carbocycles. The molecule has 0 radical (unpaired) electrons. The van der Waals surface area contributed by atoms with Crippen molar-refractivity contribution in [3.63, 3.8) is 0 Å². The van der Waals surface area contributed by atoms with Crippen LogP contribution < -0.4 is 5.73 Å². The predicted molar refractivity (Wildman–Crippen MR) is 57.0 cm³/mol. The van der Waals surface area contributed by atoms with E-state index in [-0.39, 0.29) is 5.90 Å². The van der Waals surface area contributed by atoms with Gasteiger partial charge in [0.05, 0.1) is 12.2 Å². The lowest BCUT2D eigenvalue weighted by Crippen LogP contribution is -2.08. The molecule has 0 saturated heterocycles. The fourth-order valence-corrected chi connectivity index (χ4v) is 0.956. The van der Waals surface area contributed by atoms with Crippen molar-refractivity contribution in [3.8, 4) is 6.19 Å².